The van der Waals surface area contributed by atoms with Gasteiger partial charge in [0.05, 0.1) is 23.9 Å². The monoisotopic (exact) mass is 477 g/mol. The Morgan fingerprint density at radius 2 is 2.06 bits per heavy atom. The molecule has 1 saturated heterocycles. The zero-order chi connectivity index (χ0) is 23.8. The lowest BCUT2D eigenvalue weighted by Crippen LogP contribution is -2.55. The number of benzene rings is 1. The number of hydrogen-bond donors (Lipinski definition) is 2. The van der Waals surface area contributed by atoms with E-state index in [2.05, 4.69) is 22.3 Å². The Bertz CT molecular complexity index is 1170. The zero-order valence-electron chi connectivity index (χ0n) is 17.4. The molecule has 2 aromatic rings. The van der Waals surface area contributed by atoms with Crippen molar-refractivity contribution in [2.24, 2.45) is 0 Å². The number of pyridine rings is 1. The summed E-state index contributed by atoms with van der Waals surface area (Å²) < 4.78 is 52.7. The molecule has 11 heteroatoms. The first-order chi connectivity index (χ1) is 15.7. The van der Waals surface area contributed by atoms with Crippen LogP contribution in [-0.2, 0) is 16.7 Å². The molecular weight excluding hydrogens is 458 g/mol. The number of carbonyl (C=O) groups is 1. The Balaban J connectivity index is 1.70. The quantitative estimate of drug-likeness (QED) is 0.519. The maximum atomic E-state index is 13.4. The smallest absolute Gasteiger partial charge is 0.384 e. The fourth-order valence-electron chi connectivity index (χ4n) is 3.79. The van der Waals surface area contributed by atoms with Crippen LogP contribution in [0.4, 0.5) is 28.6 Å². The molecule has 0 radical (unpaired) electrons. The number of hydrogen-bond acceptors (Lipinski definition) is 6. The lowest BCUT2D eigenvalue weighted by Gasteiger charge is -2.39. The minimum atomic E-state index is -4.61. The summed E-state index contributed by atoms with van der Waals surface area (Å²) in [5, 5.41) is 1.73. The fourth-order valence-corrected chi connectivity index (χ4v) is 4.15. The van der Waals surface area contributed by atoms with E-state index in [1.165, 1.54) is 23.2 Å². The number of alkyl halides is 3. The molecule has 3 heterocycles. The van der Waals surface area contributed by atoms with Crippen molar-refractivity contribution in [3.8, 4) is 11.8 Å². The summed E-state index contributed by atoms with van der Waals surface area (Å²) in [5.74, 6) is 5.45. The van der Waals surface area contributed by atoms with Gasteiger partial charge >= 0.3 is 6.18 Å². The van der Waals surface area contributed by atoms with Crippen LogP contribution < -0.4 is 16.1 Å². The number of nitrogen functional groups attached to an aromatic ring is 1. The third-order valence-electron chi connectivity index (χ3n) is 5.35. The van der Waals surface area contributed by atoms with Crippen molar-refractivity contribution < 1.29 is 21.9 Å². The summed E-state index contributed by atoms with van der Waals surface area (Å²) in [6.07, 6.45) is -3.09. The average molecular weight is 477 g/mol. The van der Waals surface area contributed by atoms with E-state index < -0.39 is 23.4 Å². The van der Waals surface area contributed by atoms with Crippen molar-refractivity contribution >= 4 is 29.6 Å². The van der Waals surface area contributed by atoms with Gasteiger partial charge in [-0.3, -0.25) is 9.80 Å². The molecule has 3 N–H and O–H groups in total. The summed E-state index contributed by atoms with van der Waals surface area (Å²) in [5.41, 5.74) is 9.38. The first-order valence-electron chi connectivity index (χ1n) is 9.94. The fraction of sp³-hybridized carbons (Fsp3) is 0.273. The molecule has 1 aromatic heterocycles. The third kappa shape index (κ3) is 4.62. The van der Waals surface area contributed by atoms with E-state index in [0.29, 0.717) is 29.2 Å². The number of piperazine rings is 1. The number of amides is 1. The lowest BCUT2D eigenvalue weighted by atomic mass is 10.0. The minimum absolute atomic E-state index is 0.170. The van der Waals surface area contributed by atoms with E-state index in [4.69, 9.17) is 5.73 Å². The second kappa shape index (κ2) is 8.96. The van der Waals surface area contributed by atoms with E-state index in [0.717, 1.165) is 6.07 Å². The normalized spacial score (nSPS) is 18.3. The molecule has 4 rings (SSSR count). The first kappa shape index (κ1) is 22.9. The first-order valence-corrected chi connectivity index (χ1v) is 10.8. The average Bonchev–Trinajstić information content (AvgIpc) is 3.20. The largest absolute Gasteiger partial charge is 0.416 e. The van der Waals surface area contributed by atoms with Crippen LogP contribution in [-0.4, -0.2) is 35.0 Å². The van der Waals surface area contributed by atoms with Gasteiger partial charge in [-0.15, -0.1) is 0 Å². The highest BCUT2D eigenvalue weighted by atomic mass is 32.2. The van der Waals surface area contributed by atoms with Gasteiger partial charge in [0.1, 0.15) is 11.5 Å². The molecule has 172 valence electrons. The number of halogens is 4. The van der Waals surface area contributed by atoms with Crippen molar-refractivity contribution in [1.29, 1.82) is 0 Å². The van der Waals surface area contributed by atoms with Crippen LogP contribution in [0.15, 0.2) is 47.8 Å². The molecule has 1 fully saturated rings. The number of rotatable bonds is 3. The highest BCUT2D eigenvalue weighted by Crippen LogP contribution is 2.37. The Labute approximate surface area is 192 Å². The van der Waals surface area contributed by atoms with Gasteiger partial charge in [0.2, 0.25) is 0 Å². The molecule has 1 aromatic carbocycles. The molecule has 2 aliphatic heterocycles. The Morgan fingerprint density at radius 3 is 2.73 bits per heavy atom. The molecule has 6 nitrogen and oxygen atoms in total. The molecule has 0 aliphatic carbocycles. The van der Waals surface area contributed by atoms with E-state index in [-0.39, 0.29) is 36.0 Å². The van der Waals surface area contributed by atoms with Gasteiger partial charge in [-0.1, -0.05) is 11.8 Å². The number of nitrogens with one attached hydrogen (secondary N) is 1. The summed E-state index contributed by atoms with van der Waals surface area (Å²) in [4.78, 5) is 18.7. The topological polar surface area (TPSA) is 74.5 Å². The van der Waals surface area contributed by atoms with Gasteiger partial charge in [-0.2, -0.15) is 17.1 Å². The molecule has 0 saturated carbocycles. The number of anilines is 2. The summed E-state index contributed by atoms with van der Waals surface area (Å²) in [7, 11) is 0. The number of nitrogens with two attached hydrogens (primary N) is 1. The molecule has 1 atom stereocenters. The second-order valence-electron chi connectivity index (χ2n) is 7.61. The van der Waals surface area contributed by atoms with E-state index in [1.54, 1.807) is 17.1 Å². The van der Waals surface area contributed by atoms with Crippen molar-refractivity contribution in [2.45, 2.75) is 24.9 Å². The van der Waals surface area contributed by atoms with Gasteiger partial charge in [0.15, 0.2) is 0 Å². The van der Waals surface area contributed by atoms with Gasteiger partial charge < -0.3 is 10.6 Å². The Morgan fingerprint density at radius 1 is 1.27 bits per heavy atom. The second-order valence-corrected chi connectivity index (χ2v) is 8.12. The van der Waals surface area contributed by atoms with Crippen molar-refractivity contribution in [2.75, 3.05) is 23.7 Å². The SMILES string of the molecule is CC1CN(c2ccc(C(F)(F)F)c(CSF)c2)C(=O)C2=C(C#Cc3ccc(N)nc3)CNN21. The van der Waals surface area contributed by atoms with Crippen LogP contribution in [0.1, 0.15) is 23.6 Å². The number of fused-ring (bicyclic) bond motifs is 1. The molecule has 1 unspecified atom stereocenters. The van der Waals surface area contributed by atoms with Gasteiger partial charge in [-0.05, 0) is 42.8 Å². The van der Waals surface area contributed by atoms with Crippen LogP contribution in [0.25, 0.3) is 0 Å². The number of nitrogens with zero attached hydrogens (tertiary/aromatic N) is 3. The predicted molar refractivity (Wildman–Crippen MR) is 118 cm³/mol. The lowest BCUT2D eigenvalue weighted by molar-refractivity contribution is -0.138. The van der Waals surface area contributed by atoms with Crippen LogP contribution in [0, 0.1) is 11.8 Å². The highest BCUT2D eigenvalue weighted by Gasteiger charge is 2.40. The van der Waals surface area contributed by atoms with Crippen molar-refractivity contribution in [1.82, 2.24) is 15.4 Å². The van der Waals surface area contributed by atoms with Crippen LogP contribution >= 0.6 is 12.1 Å². The minimum Gasteiger partial charge on any atom is -0.384 e. The van der Waals surface area contributed by atoms with Crippen molar-refractivity contribution in [3.63, 3.8) is 0 Å². The molecule has 2 aliphatic rings. The standard InChI is InChI=1S/C22H19F4N5OS/c1-13-11-30(17-5-6-18(22(23,24)25)16(8-17)12-33-26)21(32)20-15(10-29-31(13)20)4-2-14-3-7-19(27)28-9-14/h3,5-9,13,29H,10-12H2,1H3,(H2,27,28). The molecule has 0 spiro atoms. The number of aromatic nitrogens is 1. The van der Waals surface area contributed by atoms with Crippen molar-refractivity contribution in [3.05, 3.63) is 64.5 Å². The zero-order valence-corrected chi connectivity index (χ0v) is 18.2. The Hall–Kier alpha value is -3.23. The van der Waals surface area contributed by atoms with E-state index in [9.17, 15) is 21.9 Å². The van der Waals surface area contributed by atoms with Gasteiger partial charge in [-0.25, -0.2) is 10.4 Å². The van der Waals surface area contributed by atoms with E-state index in [1.807, 2.05) is 6.92 Å². The van der Waals surface area contributed by atoms with Crippen LogP contribution in [0.3, 0.4) is 0 Å². The molecule has 1 amide bonds. The maximum Gasteiger partial charge on any atom is 0.416 e. The number of hydrazine groups is 1. The highest BCUT2D eigenvalue weighted by molar-refractivity contribution is 7.93. The molecule has 0 bridgehead atoms. The number of carbonyl (C=O) groups excluding carboxylic acids is 1. The third-order valence-corrected chi connectivity index (χ3v) is 5.77. The van der Waals surface area contributed by atoms with Gasteiger partial charge in [0, 0.05) is 41.7 Å². The summed E-state index contributed by atoms with van der Waals surface area (Å²) in [6, 6.07) is 6.52. The van der Waals surface area contributed by atoms with Gasteiger partial charge in [0.25, 0.3) is 5.91 Å². The summed E-state index contributed by atoms with van der Waals surface area (Å²) in [6.45, 7) is 2.46. The molecular formula is C22H19F4N5OS. The maximum absolute atomic E-state index is 13.4. The van der Waals surface area contributed by atoms with E-state index >= 15 is 0 Å². The predicted octanol–water partition coefficient (Wildman–Crippen LogP) is 3.66. The molecule has 33 heavy (non-hydrogen) atoms. The van der Waals surface area contributed by atoms with Crippen LogP contribution in [0.2, 0.25) is 0 Å². The van der Waals surface area contributed by atoms with Crippen LogP contribution in [0.5, 0.6) is 0 Å². The Kier molecular flexibility index (Phi) is 6.23. The summed E-state index contributed by atoms with van der Waals surface area (Å²) >= 11 is -0.199.